The first-order valence-electron chi connectivity index (χ1n) is 7.39. The number of hydrogen-bond donors (Lipinski definition) is 0. The maximum Gasteiger partial charge on any atom is 0.124 e. The van der Waals surface area contributed by atoms with Crippen LogP contribution in [0, 0.1) is 27.7 Å². The average Bonchev–Trinajstić information content (AvgIpc) is 2.39. The van der Waals surface area contributed by atoms with E-state index in [1.54, 1.807) is 0 Å². The van der Waals surface area contributed by atoms with E-state index < -0.39 is 0 Å². The number of aryl methyl sites for hydroxylation is 4. The topological polar surface area (TPSA) is 9.23 Å². The molecule has 112 valence electrons. The molecule has 1 unspecified atom stereocenters. The number of ether oxygens (including phenoxy) is 1. The molecule has 1 atom stereocenters. The van der Waals surface area contributed by atoms with Crippen molar-refractivity contribution in [3.63, 3.8) is 0 Å². The van der Waals surface area contributed by atoms with Gasteiger partial charge in [-0.2, -0.15) is 0 Å². The summed E-state index contributed by atoms with van der Waals surface area (Å²) < 4.78 is 5.75. The van der Waals surface area contributed by atoms with Crippen LogP contribution in [0.1, 0.15) is 45.7 Å². The highest BCUT2D eigenvalue weighted by Gasteiger charge is 2.20. The van der Waals surface area contributed by atoms with Gasteiger partial charge >= 0.3 is 0 Å². The lowest BCUT2D eigenvalue weighted by Gasteiger charge is -2.20. The van der Waals surface area contributed by atoms with Crippen LogP contribution in [-0.2, 0) is 0 Å². The van der Waals surface area contributed by atoms with Gasteiger partial charge in [0.2, 0.25) is 0 Å². The molecule has 0 aromatic heterocycles. The monoisotopic (exact) mass is 302 g/mol. The third-order valence-electron chi connectivity index (χ3n) is 3.73. The van der Waals surface area contributed by atoms with Gasteiger partial charge in [0, 0.05) is 5.56 Å². The molecule has 2 aromatic carbocycles. The van der Waals surface area contributed by atoms with E-state index in [-0.39, 0.29) is 5.38 Å². The molecule has 0 amide bonds. The minimum Gasteiger partial charge on any atom is -0.494 e. The first-order valence-corrected chi connectivity index (χ1v) is 7.82. The van der Waals surface area contributed by atoms with Gasteiger partial charge in [0.25, 0.3) is 0 Å². The van der Waals surface area contributed by atoms with Crippen molar-refractivity contribution >= 4 is 11.6 Å². The van der Waals surface area contributed by atoms with Gasteiger partial charge in [0.15, 0.2) is 0 Å². The highest BCUT2D eigenvalue weighted by atomic mass is 35.5. The summed E-state index contributed by atoms with van der Waals surface area (Å²) in [6, 6.07) is 10.6. The maximum absolute atomic E-state index is 6.83. The molecule has 0 spiro atoms. The second-order valence-corrected chi connectivity index (χ2v) is 6.09. The average molecular weight is 303 g/mol. The molecule has 2 rings (SSSR count). The summed E-state index contributed by atoms with van der Waals surface area (Å²) in [5.41, 5.74) is 7.17. The lowest BCUT2D eigenvalue weighted by Crippen LogP contribution is -2.04. The van der Waals surface area contributed by atoms with Gasteiger partial charge in [-0.1, -0.05) is 35.4 Å². The molecule has 0 aliphatic carbocycles. The molecule has 2 heteroatoms. The van der Waals surface area contributed by atoms with Crippen LogP contribution < -0.4 is 4.74 Å². The van der Waals surface area contributed by atoms with Crippen molar-refractivity contribution in [3.05, 3.63) is 63.7 Å². The standard InChI is InChI=1S/C19H23ClO/c1-6-21-17-8-7-12(2)11-16(17)19(20)18-14(4)9-13(3)10-15(18)5/h7-11,19H,6H2,1-5H3. The highest BCUT2D eigenvalue weighted by molar-refractivity contribution is 6.23. The zero-order valence-electron chi connectivity index (χ0n) is 13.5. The van der Waals surface area contributed by atoms with E-state index in [1.165, 1.54) is 27.8 Å². The molecule has 21 heavy (non-hydrogen) atoms. The lowest BCUT2D eigenvalue weighted by molar-refractivity contribution is 0.336. The van der Waals surface area contributed by atoms with Crippen molar-refractivity contribution in [3.8, 4) is 5.75 Å². The number of benzene rings is 2. The van der Waals surface area contributed by atoms with E-state index in [1.807, 2.05) is 13.0 Å². The Balaban J connectivity index is 2.54. The molecule has 1 nitrogen and oxygen atoms in total. The van der Waals surface area contributed by atoms with Crippen LogP contribution in [0.25, 0.3) is 0 Å². The van der Waals surface area contributed by atoms with E-state index in [2.05, 4.69) is 52.0 Å². The van der Waals surface area contributed by atoms with Crippen molar-refractivity contribution in [1.82, 2.24) is 0 Å². The predicted octanol–water partition coefficient (Wildman–Crippen LogP) is 5.65. The van der Waals surface area contributed by atoms with Crippen molar-refractivity contribution in [2.45, 2.75) is 40.0 Å². The summed E-state index contributed by atoms with van der Waals surface area (Å²) in [5.74, 6) is 0.877. The summed E-state index contributed by atoms with van der Waals surface area (Å²) in [5, 5.41) is -0.188. The number of rotatable bonds is 4. The maximum atomic E-state index is 6.83. The van der Waals surface area contributed by atoms with Gasteiger partial charge in [-0.25, -0.2) is 0 Å². The molecular weight excluding hydrogens is 280 g/mol. The molecule has 0 saturated carbocycles. The van der Waals surface area contributed by atoms with Gasteiger partial charge in [-0.15, -0.1) is 11.6 Å². The van der Waals surface area contributed by atoms with Gasteiger partial charge in [0.1, 0.15) is 5.75 Å². The second-order valence-electron chi connectivity index (χ2n) is 5.65. The molecule has 0 N–H and O–H groups in total. The Morgan fingerprint density at radius 3 is 2.14 bits per heavy atom. The molecule has 0 heterocycles. The Bertz CT molecular complexity index is 623. The van der Waals surface area contributed by atoms with Crippen LogP contribution in [0.4, 0.5) is 0 Å². The van der Waals surface area contributed by atoms with Gasteiger partial charge < -0.3 is 4.74 Å². The predicted molar refractivity (Wildman–Crippen MR) is 90.7 cm³/mol. The van der Waals surface area contributed by atoms with E-state index in [0.717, 1.165) is 11.3 Å². The van der Waals surface area contributed by atoms with Crippen molar-refractivity contribution < 1.29 is 4.74 Å². The third-order valence-corrected chi connectivity index (χ3v) is 4.18. The Kier molecular flexibility index (Phi) is 4.95. The first kappa shape index (κ1) is 15.9. The Morgan fingerprint density at radius 1 is 0.952 bits per heavy atom. The number of alkyl halides is 1. The quantitative estimate of drug-likeness (QED) is 0.663. The van der Waals surface area contributed by atoms with E-state index >= 15 is 0 Å². The zero-order valence-corrected chi connectivity index (χ0v) is 14.2. The normalized spacial score (nSPS) is 12.3. The molecule has 0 aliphatic rings. The summed E-state index contributed by atoms with van der Waals surface area (Å²) >= 11 is 6.83. The van der Waals surface area contributed by atoms with Crippen molar-refractivity contribution in [2.75, 3.05) is 6.61 Å². The van der Waals surface area contributed by atoms with Crippen molar-refractivity contribution in [1.29, 1.82) is 0 Å². The highest BCUT2D eigenvalue weighted by Crippen LogP contribution is 2.39. The fraction of sp³-hybridized carbons (Fsp3) is 0.368. The van der Waals surface area contributed by atoms with Crippen LogP contribution in [0.2, 0.25) is 0 Å². The number of hydrogen-bond acceptors (Lipinski definition) is 1. The largest absolute Gasteiger partial charge is 0.494 e. The molecule has 0 radical (unpaired) electrons. The minimum absolute atomic E-state index is 0.188. The second kappa shape index (κ2) is 6.53. The van der Waals surface area contributed by atoms with Gasteiger partial charge in [-0.05, 0) is 57.4 Å². The van der Waals surface area contributed by atoms with E-state index in [4.69, 9.17) is 16.3 Å². The lowest BCUT2D eigenvalue weighted by atomic mass is 9.93. The molecule has 2 aromatic rings. The number of halogens is 1. The minimum atomic E-state index is -0.188. The fourth-order valence-corrected chi connectivity index (χ4v) is 3.41. The van der Waals surface area contributed by atoms with E-state index in [0.29, 0.717) is 6.61 Å². The van der Waals surface area contributed by atoms with Crippen LogP contribution in [0.15, 0.2) is 30.3 Å². The SMILES string of the molecule is CCOc1ccc(C)cc1C(Cl)c1c(C)cc(C)cc1C. The third kappa shape index (κ3) is 3.41. The molecule has 0 bridgehead atoms. The van der Waals surface area contributed by atoms with Gasteiger partial charge in [0.05, 0.1) is 12.0 Å². The molecular formula is C19H23ClO. The van der Waals surface area contributed by atoms with Crippen molar-refractivity contribution in [2.24, 2.45) is 0 Å². The Morgan fingerprint density at radius 2 is 1.57 bits per heavy atom. The van der Waals surface area contributed by atoms with Crippen LogP contribution in [0.5, 0.6) is 5.75 Å². The Labute approximate surface area is 132 Å². The molecule has 0 saturated heterocycles. The fourth-order valence-electron chi connectivity index (χ4n) is 2.90. The smallest absolute Gasteiger partial charge is 0.124 e. The first-order chi connectivity index (χ1) is 9.93. The van der Waals surface area contributed by atoms with E-state index in [9.17, 15) is 0 Å². The summed E-state index contributed by atoms with van der Waals surface area (Å²) in [4.78, 5) is 0. The summed E-state index contributed by atoms with van der Waals surface area (Å²) in [6.07, 6.45) is 0. The van der Waals surface area contributed by atoms with Gasteiger partial charge in [-0.3, -0.25) is 0 Å². The van der Waals surface area contributed by atoms with Crippen LogP contribution >= 0.6 is 11.6 Å². The van der Waals surface area contributed by atoms with Crippen LogP contribution in [0.3, 0.4) is 0 Å². The Hall–Kier alpha value is -1.47. The summed E-state index contributed by atoms with van der Waals surface area (Å²) in [6.45, 7) is 11.1. The van der Waals surface area contributed by atoms with Crippen LogP contribution in [-0.4, -0.2) is 6.61 Å². The summed E-state index contributed by atoms with van der Waals surface area (Å²) in [7, 11) is 0. The zero-order chi connectivity index (χ0) is 15.6. The molecule has 0 fully saturated rings. The molecule has 0 aliphatic heterocycles.